The number of nitrogens with zero attached hydrogens (tertiary/aromatic N) is 5. The van der Waals surface area contributed by atoms with Crippen molar-refractivity contribution in [3.8, 4) is 0 Å². The van der Waals surface area contributed by atoms with Crippen LogP contribution in [-0.2, 0) is 35.2 Å². The highest BCUT2D eigenvalue weighted by Crippen LogP contribution is 2.34. The molecule has 0 bridgehead atoms. The van der Waals surface area contributed by atoms with Crippen molar-refractivity contribution in [1.29, 1.82) is 0 Å². The van der Waals surface area contributed by atoms with E-state index in [1.165, 1.54) is 0 Å². The van der Waals surface area contributed by atoms with E-state index in [0.29, 0.717) is 69.4 Å². The summed E-state index contributed by atoms with van der Waals surface area (Å²) in [7, 11) is 0. The second-order valence-electron chi connectivity index (χ2n) is 9.96. The molecule has 228 valence electrons. The number of piperazine rings is 1. The Kier molecular flexibility index (Phi) is 10.3. The normalized spacial score (nSPS) is 16.4. The minimum atomic E-state index is -4.56. The number of halogens is 5. The number of fused-ring (bicyclic) bond motifs is 1. The average molecular weight is 630 g/mol. The standard InChI is InChI=1S/C27H31ClF3N7O3.ClH/c1-2-21-24(37-7-5-32-6-8-37)25(40)23-26(33-14-18(34-23)15-36-9-11-41-12-10-36)38(21)16-22(39)35-20-4-3-17(13-19(20)28)27(29,30)31;/h3-4,13-14,32H,2,5-12,15-16H2,1H3,(H,35,39);1H. The Morgan fingerprint density at radius 1 is 1.17 bits per heavy atom. The molecule has 15 heteroatoms. The van der Waals surface area contributed by atoms with Crippen LogP contribution in [0.5, 0.6) is 0 Å². The first kappa shape index (κ1) is 32.0. The third-order valence-corrected chi connectivity index (χ3v) is 7.53. The van der Waals surface area contributed by atoms with Crippen LogP contribution >= 0.6 is 24.0 Å². The molecule has 0 unspecified atom stereocenters. The van der Waals surface area contributed by atoms with E-state index in [1.807, 2.05) is 11.8 Å². The number of aromatic nitrogens is 3. The zero-order valence-electron chi connectivity index (χ0n) is 23.0. The lowest BCUT2D eigenvalue weighted by Gasteiger charge is -2.32. The molecular formula is C27H32Cl2F3N7O3. The van der Waals surface area contributed by atoms with Gasteiger partial charge in [-0.25, -0.2) is 9.97 Å². The van der Waals surface area contributed by atoms with Crippen molar-refractivity contribution in [2.24, 2.45) is 0 Å². The van der Waals surface area contributed by atoms with Gasteiger partial charge in [-0.1, -0.05) is 18.5 Å². The summed E-state index contributed by atoms with van der Waals surface area (Å²) in [6.07, 6.45) is -2.50. The lowest BCUT2D eigenvalue weighted by atomic mass is 10.1. The molecule has 4 heterocycles. The number of morpholine rings is 1. The van der Waals surface area contributed by atoms with Crippen molar-refractivity contribution < 1.29 is 22.7 Å². The first-order valence-electron chi connectivity index (χ1n) is 13.5. The van der Waals surface area contributed by atoms with Crippen LogP contribution in [0.1, 0.15) is 23.9 Å². The predicted molar refractivity (Wildman–Crippen MR) is 157 cm³/mol. The van der Waals surface area contributed by atoms with Crippen molar-refractivity contribution >= 4 is 52.5 Å². The van der Waals surface area contributed by atoms with Gasteiger partial charge in [0.2, 0.25) is 11.3 Å². The van der Waals surface area contributed by atoms with E-state index >= 15 is 0 Å². The number of carbonyl (C=O) groups excluding carboxylic acids is 1. The SMILES string of the molecule is CCc1c(N2CCNCC2)c(=O)c2nc(CN3CCOCC3)cnc2n1CC(=O)Nc1ccc(C(F)(F)F)cc1Cl.Cl. The number of hydrogen-bond donors (Lipinski definition) is 2. The Labute approximate surface area is 251 Å². The van der Waals surface area contributed by atoms with E-state index in [2.05, 4.69) is 20.5 Å². The molecule has 1 amide bonds. The van der Waals surface area contributed by atoms with E-state index in [4.69, 9.17) is 21.3 Å². The van der Waals surface area contributed by atoms with Gasteiger partial charge in [-0.2, -0.15) is 13.2 Å². The minimum Gasteiger partial charge on any atom is -0.379 e. The maximum atomic E-state index is 13.9. The van der Waals surface area contributed by atoms with Gasteiger partial charge in [0.05, 0.1) is 41.4 Å². The first-order chi connectivity index (χ1) is 19.7. The monoisotopic (exact) mass is 629 g/mol. The zero-order valence-corrected chi connectivity index (χ0v) is 24.5. The summed E-state index contributed by atoms with van der Waals surface area (Å²) in [5.74, 6) is -0.531. The molecule has 1 aromatic carbocycles. The molecule has 2 aromatic heterocycles. The second kappa shape index (κ2) is 13.6. The number of benzene rings is 1. The minimum absolute atomic E-state index is 0. The third-order valence-electron chi connectivity index (χ3n) is 7.22. The molecule has 2 saturated heterocycles. The Bertz CT molecular complexity index is 1490. The molecule has 2 aliphatic rings. The van der Waals surface area contributed by atoms with Gasteiger partial charge in [0, 0.05) is 51.5 Å². The highest BCUT2D eigenvalue weighted by molar-refractivity contribution is 6.33. The van der Waals surface area contributed by atoms with E-state index in [-0.39, 0.29) is 46.3 Å². The molecule has 5 rings (SSSR count). The lowest BCUT2D eigenvalue weighted by Crippen LogP contribution is -2.46. The topological polar surface area (TPSA) is 105 Å². The summed E-state index contributed by atoms with van der Waals surface area (Å²) in [6.45, 7) is 7.54. The predicted octanol–water partition coefficient (Wildman–Crippen LogP) is 3.33. The quantitative estimate of drug-likeness (QED) is 0.410. The number of nitrogens with one attached hydrogen (secondary N) is 2. The number of rotatable bonds is 7. The maximum absolute atomic E-state index is 13.9. The van der Waals surface area contributed by atoms with Crippen molar-refractivity contribution in [2.45, 2.75) is 32.6 Å². The van der Waals surface area contributed by atoms with Crippen LogP contribution < -0.4 is 21.0 Å². The average Bonchev–Trinajstić information content (AvgIpc) is 2.96. The Balaban J connectivity index is 0.00000405. The van der Waals surface area contributed by atoms with Crippen LogP contribution in [0.4, 0.5) is 24.5 Å². The second-order valence-corrected chi connectivity index (χ2v) is 10.4. The first-order valence-corrected chi connectivity index (χ1v) is 13.9. The highest BCUT2D eigenvalue weighted by Gasteiger charge is 2.31. The van der Waals surface area contributed by atoms with Gasteiger partial charge < -0.3 is 24.8 Å². The number of anilines is 2. The number of hydrogen-bond acceptors (Lipinski definition) is 8. The molecule has 2 N–H and O–H groups in total. The van der Waals surface area contributed by atoms with E-state index in [1.54, 1.807) is 10.8 Å². The maximum Gasteiger partial charge on any atom is 0.416 e. The molecule has 0 aliphatic carbocycles. The Morgan fingerprint density at radius 3 is 2.52 bits per heavy atom. The smallest absolute Gasteiger partial charge is 0.379 e. The van der Waals surface area contributed by atoms with E-state index < -0.39 is 17.6 Å². The van der Waals surface area contributed by atoms with Crippen molar-refractivity contribution in [3.05, 3.63) is 56.6 Å². The highest BCUT2D eigenvalue weighted by atomic mass is 35.5. The summed E-state index contributed by atoms with van der Waals surface area (Å²) in [4.78, 5) is 40.7. The molecule has 10 nitrogen and oxygen atoms in total. The number of alkyl halides is 3. The van der Waals surface area contributed by atoms with Gasteiger partial charge in [-0.05, 0) is 24.6 Å². The fourth-order valence-corrected chi connectivity index (χ4v) is 5.43. The molecule has 0 radical (unpaired) electrons. The van der Waals surface area contributed by atoms with Gasteiger partial charge in [-0.15, -0.1) is 12.4 Å². The van der Waals surface area contributed by atoms with Crippen LogP contribution in [0.15, 0.2) is 29.2 Å². The van der Waals surface area contributed by atoms with E-state index in [9.17, 15) is 22.8 Å². The van der Waals surface area contributed by atoms with Crippen LogP contribution in [0.2, 0.25) is 5.02 Å². The molecule has 3 aromatic rings. The van der Waals surface area contributed by atoms with Crippen molar-refractivity contribution in [1.82, 2.24) is 24.8 Å². The number of amides is 1. The van der Waals surface area contributed by atoms with E-state index in [0.717, 1.165) is 31.3 Å². The van der Waals surface area contributed by atoms with Crippen LogP contribution in [0.25, 0.3) is 11.2 Å². The van der Waals surface area contributed by atoms with Gasteiger partial charge in [0.25, 0.3) is 0 Å². The summed E-state index contributed by atoms with van der Waals surface area (Å²) < 4.78 is 46.3. The number of pyridine rings is 1. The number of ether oxygens (including phenoxy) is 1. The van der Waals surface area contributed by atoms with Crippen molar-refractivity contribution in [2.75, 3.05) is 62.7 Å². The summed E-state index contributed by atoms with van der Waals surface area (Å²) >= 11 is 6.07. The molecule has 0 spiro atoms. The summed E-state index contributed by atoms with van der Waals surface area (Å²) in [5, 5.41) is 5.66. The lowest BCUT2D eigenvalue weighted by molar-refractivity contribution is -0.137. The van der Waals surface area contributed by atoms with Crippen LogP contribution in [0.3, 0.4) is 0 Å². The largest absolute Gasteiger partial charge is 0.416 e. The van der Waals surface area contributed by atoms with Crippen LogP contribution in [-0.4, -0.2) is 77.8 Å². The molecule has 0 saturated carbocycles. The molecule has 42 heavy (non-hydrogen) atoms. The van der Waals surface area contributed by atoms with Gasteiger partial charge in [-0.3, -0.25) is 14.5 Å². The van der Waals surface area contributed by atoms with Gasteiger partial charge >= 0.3 is 6.18 Å². The zero-order chi connectivity index (χ0) is 29.1. The molecule has 2 aliphatic heterocycles. The summed E-state index contributed by atoms with van der Waals surface area (Å²) in [5.41, 5.74) is 1.09. The molecule has 0 atom stereocenters. The van der Waals surface area contributed by atoms with Crippen LogP contribution in [0, 0.1) is 0 Å². The fraction of sp³-hybridized carbons (Fsp3) is 0.481. The number of carbonyl (C=O) groups is 1. The third kappa shape index (κ3) is 6.97. The Morgan fingerprint density at radius 2 is 1.88 bits per heavy atom. The van der Waals surface area contributed by atoms with Gasteiger partial charge in [0.15, 0.2) is 11.2 Å². The molecular weight excluding hydrogens is 598 g/mol. The van der Waals surface area contributed by atoms with Crippen molar-refractivity contribution in [3.63, 3.8) is 0 Å². The van der Waals surface area contributed by atoms with Gasteiger partial charge in [0.1, 0.15) is 12.2 Å². The Hall–Kier alpha value is -2.97. The molecule has 2 fully saturated rings. The summed E-state index contributed by atoms with van der Waals surface area (Å²) in [6, 6.07) is 2.75. The fourth-order valence-electron chi connectivity index (χ4n) is 5.20.